The highest BCUT2D eigenvalue weighted by Gasteiger charge is 2.35. The van der Waals surface area contributed by atoms with Crippen molar-refractivity contribution in [2.24, 2.45) is 4.99 Å². The Balaban J connectivity index is 1.26. The predicted octanol–water partition coefficient (Wildman–Crippen LogP) is 7.79. The molecule has 248 valence electrons. The number of anilines is 1. The van der Waals surface area contributed by atoms with E-state index in [0.717, 1.165) is 36.1 Å². The molecule has 0 aliphatic carbocycles. The molecular formula is C42H41N3O4. The van der Waals surface area contributed by atoms with Crippen molar-refractivity contribution in [1.29, 1.82) is 0 Å². The molecule has 5 aromatic carbocycles. The maximum Gasteiger partial charge on any atom is 0.331 e. The summed E-state index contributed by atoms with van der Waals surface area (Å²) < 4.78 is 5.94. The lowest BCUT2D eigenvalue weighted by atomic mass is 9.91. The molecule has 1 fully saturated rings. The van der Waals surface area contributed by atoms with E-state index in [1.165, 1.54) is 5.56 Å². The van der Waals surface area contributed by atoms with Crippen LogP contribution in [-0.2, 0) is 29.2 Å². The number of carboxylic acid groups (broad SMARTS) is 1. The van der Waals surface area contributed by atoms with Crippen molar-refractivity contribution in [3.05, 3.63) is 167 Å². The maximum absolute atomic E-state index is 13.8. The van der Waals surface area contributed by atoms with Crippen molar-refractivity contribution in [2.45, 2.75) is 50.9 Å². The van der Waals surface area contributed by atoms with E-state index >= 15 is 0 Å². The molecule has 7 nitrogen and oxygen atoms in total. The van der Waals surface area contributed by atoms with Crippen molar-refractivity contribution in [3.8, 4) is 5.75 Å². The highest BCUT2D eigenvalue weighted by Crippen LogP contribution is 2.28. The van der Waals surface area contributed by atoms with Crippen LogP contribution in [0.4, 0.5) is 5.69 Å². The quantitative estimate of drug-likeness (QED) is 0.127. The maximum atomic E-state index is 13.8. The van der Waals surface area contributed by atoms with Gasteiger partial charge in [-0.1, -0.05) is 121 Å². The Labute approximate surface area is 287 Å². The van der Waals surface area contributed by atoms with Crippen LogP contribution in [0.1, 0.15) is 47.6 Å². The zero-order valence-electron chi connectivity index (χ0n) is 27.7. The molecular weight excluding hydrogens is 610 g/mol. The summed E-state index contributed by atoms with van der Waals surface area (Å²) in [5.41, 5.74) is 4.05. The van der Waals surface area contributed by atoms with Gasteiger partial charge in [0.05, 0.1) is 17.4 Å². The molecule has 6 rings (SSSR count). The van der Waals surface area contributed by atoms with Crippen LogP contribution in [0.3, 0.4) is 0 Å². The van der Waals surface area contributed by atoms with Crippen LogP contribution in [0, 0.1) is 0 Å². The summed E-state index contributed by atoms with van der Waals surface area (Å²) in [5.74, 6) is -0.425. The number of benzene rings is 5. The molecule has 7 heteroatoms. The number of rotatable bonds is 13. The van der Waals surface area contributed by atoms with Crippen LogP contribution >= 0.6 is 0 Å². The summed E-state index contributed by atoms with van der Waals surface area (Å²) in [5, 5.41) is 13.8. The number of carboxylic acids is 1. The van der Waals surface area contributed by atoms with Gasteiger partial charge in [-0.2, -0.15) is 0 Å². The van der Waals surface area contributed by atoms with Gasteiger partial charge in [0.2, 0.25) is 5.91 Å². The van der Waals surface area contributed by atoms with E-state index in [1.54, 1.807) is 6.92 Å². The second-order valence-corrected chi connectivity index (χ2v) is 12.6. The molecule has 1 amide bonds. The lowest BCUT2D eigenvalue weighted by Gasteiger charge is -2.25. The third-order valence-electron chi connectivity index (χ3n) is 8.92. The number of aliphatic imine (C=N–C) groups is 1. The summed E-state index contributed by atoms with van der Waals surface area (Å²) in [6.07, 6.45) is 1.87. The number of hydrogen-bond acceptors (Lipinski definition) is 5. The zero-order chi connectivity index (χ0) is 34.1. The van der Waals surface area contributed by atoms with E-state index in [2.05, 4.69) is 22.3 Å². The fraction of sp³-hybridized carbons (Fsp3) is 0.214. The second-order valence-electron chi connectivity index (χ2n) is 12.6. The minimum absolute atomic E-state index is 0.0798. The van der Waals surface area contributed by atoms with Crippen LogP contribution in [-0.4, -0.2) is 45.7 Å². The van der Waals surface area contributed by atoms with Gasteiger partial charge in [0.25, 0.3) is 0 Å². The third-order valence-corrected chi connectivity index (χ3v) is 8.92. The molecule has 2 atom stereocenters. The molecule has 0 saturated carbocycles. The van der Waals surface area contributed by atoms with Gasteiger partial charge in [-0.3, -0.25) is 14.7 Å². The van der Waals surface area contributed by atoms with E-state index in [4.69, 9.17) is 9.73 Å². The summed E-state index contributed by atoms with van der Waals surface area (Å²) in [6, 6.07) is 44.4. The molecule has 0 spiro atoms. The average Bonchev–Trinajstić information content (AvgIpc) is 3.60. The number of amides is 1. The molecule has 49 heavy (non-hydrogen) atoms. The number of carbonyl (C=O) groups is 2. The zero-order valence-corrected chi connectivity index (χ0v) is 27.7. The monoisotopic (exact) mass is 651 g/mol. The lowest BCUT2D eigenvalue weighted by Crippen LogP contribution is -2.39. The summed E-state index contributed by atoms with van der Waals surface area (Å²) in [6.45, 7) is 3.63. The largest absolute Gasteiger partial charge is 0.489 e. The number of nitrogens with one attached hydrogen (secondary N) is 1. The van der Waals surface area contributed by atoms with Crippen molar-refractivity contribution < 1.29 is 19.4 Å². The van der Waals surface area contributed by atoms with Crippen molar-refractivity contribution in [1.82, 2.24) is 4.90 Å². The third kappa shape index (κ3) is 8.50. The van der Waals surface area contributed by atoms with E-state index in [-0.39, 0.29) is 18.4 Å². The van der Waals surface area contributed by atoms with Crippen molar-refractivity contribution >= 4 is 23.3 Å². The predicted molar refractivity (Wildman–Crippen MR) is 194 cm³/mol. The Hall–Kier alpha value is -5.53. The molecule has 0 unspecified atom stereocenters. The average molecular weight is 652 g/mol. The Morgan fingerprint density at radius 2 is 1.41 bits per heavy atom. The van der Waals surface area contributed by atoms with Crippen LogP contribution in [0.25, 0.3) is 0 Å². The van der Waals surface area contributed by atoms with Crippen LogP contribution in [0.2, 0.25) is 0 Å². The van der Waals surface area contributed by atoms with Gasteiger partial charge in [0, 0.05) is 24.1 Å². The van der Waals surface area contributed by atoms with Gasteiger partial charge < -0.3 is 15.2 Å². The van der Waals surface area contributed by atoms with Gasteiger partial charge in [0.1, 0.15) is 12.4 Å². The minimum Gasteiger partial charge on any atom is -0.489 e. The number of likely N-dealkylation sites (tertiary alicyclic amines) is 1. The van der Waals surface area contributed by atoms with Crippen LogP contribution in [0.15, 0.2) is 145 Å². The molecule has 1 aliphatic heterocycles. The SMILES string of the molecule is C[C@@](Cc1ccc(OCc2ccccc2)cc1)(N=C(c1ccccc1)c1ccccc1NC(=O)[C@@H]1CCCN1Cc1ccccc1)C(=O)O. The Morgan fingerprint density at radius 1 is 0.796 bits per heavy atom. The topological polar surface area (TPSA) is 91.2 Å². The summed E-state index contributed by atoms with van der Waals surface area (Å²) in [4.78, 5) is 34.0. The molecule has 1 aliphatic rings. The van der Waals surface area contributed by atoms with E-state index in [9.17, 15) is 14.7 Å². The molecule has 2 N–H and O–H groups in total. The Morgan fingerprint density at radius 3 is 2.08 bits per heavy atom. The number of nitrogens with zero attached hydrogens (tertiary/aromatic N) is 2. The van der Waals surface area contributed by atoms with Gasteiger partial charge in [-0.05, 0) is 61.2 Å². The highest BCUT2D eigenvalue weighted by molar-refractivity contribution is 6.18. The van der Waals surface area contributed by atoms with Crippen LogP contribution < -0.4 is 10.1 Å². The fourth-order valence-corrected chi connectivity index (χ4v) is 6.27. The summed E-state index contributed by atoms with van der Waals surface area (Å²) in [7, 11) is 0. The first-order chi connectivity index (χ1) is 23.9. The molecule has 1 heterocycles. The number of aliphatic carboxylic acids is 1. The lowest BCUT2D eigenvalue weighted by molar-refractivity contribution is -0.142. The van der Waals surface area contributed by atoms with Gasteiger partial charge in [-0.15, -0.1) is 0 Å². The number of carbonyl (C=O) groups excluding carboxylic acids is 1. The van der Waals surface area contributed by atoms with Gasteiger partial charge in [-0.25, -0.2) is 4.79 Å². The van der Waals surface area contributed by atoms with Crippen molar-refractivity contribution in [3.63, 3.8) is 0 Å². The molecule has 1 saturated heterocycles. The fourth-order valence-electron chi connectivity index (χ4n) is 6.27. The first kappa shape index (κ1) is 33.4. The number of para-hydroxylation sites is 1. The van der Waals surface area contributed by atoms with Crippen molar-refractivity contribution in [2.75, 3.05) is 11.9 Å². The molecule has 5 aromatic rings. The Bertz CT molecular complexity index is 1880. The van der Waals surface area contributed by atoms with E-state index < -0.39 is 11.5 Å². The Kier molecular flexibility index (Phi) is 10.6. The normalized spacial score (nSPS) is 16.1. The first-order valence-electron chi connectivity index (χ1n) is 16.7. The molecule has 0 radical (unpaired) electrons. The molecule has 0 bridgehead atoms. The van der Waals surface area contributed by atoms with Crippen LogP contribution in [0.5, 0.6) is 5.75 Å². The number of hydrogen-bond donors (Lipinski definition) is 2. The second kappa shape index (κ2) is 15.6. The first-order valence-corrected chi connectivity index (χ1v) is 16.7. The van der Waals surface area contributed by atoms with E-state index in [0.29, 0.717) is 35.9 Å². The summed E-state index contributed by atoms with van der Waals surface area (Å²) >= 11 is 0. The number of ether oxygens (including phenoxy) is 1. The smallest absolute Gasteiger partial charge is 0.331 e. The van der Waals surface area contributed by atoms with Gasteiger partial charge >= 0.3 is 5.97 Å². The standard InChI is InChI=1S/C42H41N3O4/c1-42(41(47)48,28-31-23-25-35(26-24-31)49-30-33-16-7-3-8-17-33)44-39(34-18-9-4-10-19-34)36-20-11-12-21-37(36)43-40(46)38-22-13-27-45(38)29-32-14-5-2-6-15-32/h2-12,14-21,23-26,38H,13,22,27-30H2,1H3,(H,43,46)(H,47,48)/t38-,42-/m0/s1. The highest BCUT2D eigenvalue weighted by atomic mass is 16.5. The van der Waals surface area contributed by atoms with E-state index in [1.807, 2.05) is 127 Å². The minimum atomic E-state index is -1.51. The molecule has 0 aromatic heterocycles. The van der Waals surface area contributed by atoms with Gasteiger partial charge in [0.15, 0.2) is 5.54 Å².